The number of benzene rings is 2. The van der Waals surface area contributed by atoms with Gasteiger partial charge in [0.25, 0.3) is 5.91 Å². The summed E-state index contributed by atoms with van der Waals surface area (Å²) in [6.45, 7) is 2.56. The minimum absolute atomic E-state index is 0.0706. The number of thiocarbonyl (C=S) groups is 1. The van der Waals surface area contributed by atoms with Gasteiger partial charge in [0, 0.05) is 12.6 Å². The third kappa shape index (κ3) is 3.52. The molecule has 0 N–H and O–H groups in total. The fraction of sp³-hybridized carbons (Fsp3) is 0.158. The first-order chi connectivity index (χ1) is 11.6. The summed E-state index contributed by atoms with van der Waals surface area (Å²) in [7, 11) is 1.69. The van der Waals surface area contributed by atoms with Crippen molar-refractivity contribution in [2.75, 3.05) is 7.05 Å². The molecule has 1 aliphatic rings. The van der Waals surface area contributed by atoms with Crippen molar-refractivity contribution < 1.29 is 9.53 Å². The van der Waals surface area contributed by atoms with Crippen LogP contribution in [0.5, 0.6) is 5.75 Å². The molecule has 122 valence electrons. The molecule has 1 amide bonds. The molecule has 1 aliphatic heterocycles. The Hall–Kier alpha value is -2.11. The Morgan fingerprint density at radius 3 is 2.58 bits per heavy atom. The summed E-state index contributed by atoms with van der Waals surface area (Å²) in [6.07, 6.45) is 1.84. The molecule has 0 aromatic heterocycles. The number of aryl methyl sites for hydroxylation is 1. The molecule has 2 aromatic rings. The van der Waals surface area contributed by atoms with Crippen LogP contribution in [0, 0.1) is 6.92 Å². The minimum atomic E-state index is -0.0706. The van der Waals surface area contributed by atoms with Gasteiger partial charge in [0.1, 0.15) is 16.7 Å². The van der Waals surface area contributed by atoms with Crippen LogP contribution in [0.2, 0.25) is 0 Å². The molecule has 1 saturated heterocycles. The Bertz CT molecular complexity index is 830. The van der Waals surface area contributed by atoms with Gasteiger partial charge in [0.2, 0.25) is 0 Å². The van der Waals surface area contributed by atoms with Gasteiger partial charge in [-0.25, -0.2) is 0 Å². The lowest BCUT2D eigenvalue weighted by Crippen LogP contribution is -2.22. The SMILES string of the molecule is Cc1ccccc1COc1ccccc1C=C1SC(=S)N(C)C1=O. The molecule has 3 nitrogen and oxygen atoms in total. The van der Waals surface area contributed by atoms with Gasteiger partial charge in [0.05, 0.1) is 4.91 Å². The van der Waals surface area contributed by atoms with Gasteiger partial charge < -0.3 is 4.74 Å². The molecule has 1 fully saturated rings. The van der Waals surface area contributed by atoms with E-state index in [2.05, 4.69) is 19.1 Å². The number of para-hydroxylation sites is 1. The second-order valence-electron chi connectivity index (χ2n) is 5.49. The topological polar surface area (TPSA) is 29.5 Å². The number of hydrogen-bond donors (Lipinski definition) is 0. The first-order valence-electron chi connectivity index (χ1n) is 7.54. The van der Waals surface area contributed by atoms with E-state index in [4.69, 9.17) is 17.0 Å². The number of carbonyl (C=O) groups is 1. The van der Waals surface area contributed by atoms with Crippen LogP contribution in [-0.4, -0.2) is 22.2 Å². The number of rotatable bonds is 4. The maximum absolute atomic E-state index is 12.2. The number of amides is 1. The first kappa shape index (κ1) is 16.7. The van der Waals surface area contributed by atoms with Crippen LogP contribution in [0.3, 0.4) is 0 Å². The molecule has 24 heavy (non-hydrogen) atoms. The average molecular weight is 355 g/mol. The molecule has 0 aliphatic carbocycles. The molecule has 3 rings (SSSR count). The molecule has 0 atom stereocenters. The van der Waals surface area contributed by atoms with E-state index < -0.39 is 0 Å². The van der Waals surface area contributed by atoms with Crippen molar-refractivity contribution in [3.8, 4) is 5.75 Å². The van der Waals surface area contributed by atoms with E-state index in [1.165, 1.54) is 22.2 Å². The summed E-state index contributed by atoms with van der Waals surface area (Å²) in [5, 5.41) is 0. The summed E-state index contributed by atoms with van der Waals surface area (Å²) < 4.78 is 6.57. The van der Waals surface area contributed by atoms with Crippen LogP contribution in [-0.2, 0) is 11.4 Å². The lowest BCUT2D eigenvalue weighted by atomic mass is 10.1. The maximum Gasteiger partial charge on any atom is 0.265 e. The maximum atomic E-state index is 12.2. The molecule has 0 saturated carbocycles. The quantitative estimate of drug-likeness (QED) is 0.600. The Morgan fingerprint density at radius 1 is 1.17 bits per heavy atom. The van der Waals surface area contributed by atoms with Gasteiger partial charge in [-0.15, -0.1) is 0 Å². The van der Waals surface area contributed by atoms with E-state index in [0.29, 0.717) is 15.8 Å². The normalized spacial score (nSPS) is 16.1. The van der Waals surface area contributed by atoms with Gasteiger partial charge in [0.15, 0.2) is 0 Å². The largest absolute Gasteiger partial charge is 0.488 e. The van der Waals surface area contributed by atoms with Crippen LogP contribution in [0.25, 0.3) is 6.08 Å². The molecule has 0 bridgehead atoms. The zero-order valence-electron chi connectivity index (χ0n) is 13.5. The van der Waals surface area contributed by atoms with Crippen LogP contribution < -0.4 is 4.74 Å². The summed E-state index contributed by atoms with van der Waals surface area (Å²) in [5.41, 5.74) is 3.22. The Morgan fingerprint density at radius 2 is 1.88 bits per heavy atom. The molecule has 0 spiro atoms. The number of hydrogen-bond acceptors (Lipinski definition) is 4. The highest BCUT2D eigenvalue weighted by molar-refractivity contribution is 8.26. The summed E-state index contributed by atoms with van der Waals surface area (Å²) in [6, 6.07) is 15.8. The fourth-order valence-electron chi connectivity index (χ4n) is 2.35. The summed E-state index contributed by atoms with van der Waals surface area (Å²) >= 11 is 6.49. The third-order valence-corrected chi connectivity index (χ3v) is 5.32. The van der Waals surface area contributed by atoms with Crippen molar-refractivity contribution in [2.45, 2.75) is 13.5 Å². The number of likely N-dealkylation sites (N-methyl/N-ethyl adjacent to an activating group) is 1. The lowest BCUT2D eigenvalue weighted by Gasteiger charge is -2.11. The number of thioether (sulfide) groups is 1. The van der Waals surface area contributed by atoms with E-state index in [9.17, 15) is 4.79 Å². The predicted octanol–water partition coefficient (Wildman–Crippen LogP) is 4.41. The molecule has 0 unspecified atom stereocenters. The highest BCUT2D eigenvalue weighted by Crippen LogP contribution is 2.33. The highest BCUT2D eigenvalue weighted by atomic mass is 32.2. The average Bonchev–Trinajstić information content (AvgIpc) is 2.82. The molecule has 5 heteroatoms. The Labute approximate surface area is 151 Å². The number of ether oxygens (including phenoxy) is 1. The van der Waals surface area contributed by atoms with E-state index >= 15 is 0 Å². The van der Waals surface area contributed by atoms with Crippen molar-refractivity contribution in [3.63, 3.8) is 0 Å². The number of carbonyl (C=O) groups excluding carboxylic acids is 1. The van der Waals surface area contributed by atoms with Gasteiger partial charge in [-0.05, 0) is 30.2 Å². The molecular weight excluding hydrogens is 338 g/mol. The van der Waals surface area contributed by atoms with Crippen LogP contribution in [0.15, 0.2) is 53.4 Å². The minimum Gasteiger partial charge on any atom is -0.488 e. The first-order valence-corrected chi connectivity index (χ1v) is 8.76. The van der Waals surface area contributed by atoms with E-state index in [1.807, 2.05) is 42.5 Å². The standard InChI is InChI=1S/C19H17NO2S2/c1-13-7-3-4-9-15(13)12-22-16-10-6-5-8-14(16)11-17-18(21)20(2)19(23)24-17/h3-11H,12H2,1-2H3. The van der Waals surface area contributed by atoms with Crippen LogP contribution >= 0.6 is 24.0 Å². The fourth-order valence-corrected chi connectivity index (χ4v) is 3.52. The van der Waals surface area contributed by atoms with E-state index in [1.54, 1.807) is 7.05 Å². The number of nitrogens with zero attached hydrogens (tertiary/aromatic N) is 1. The van der Waals surface area contributed by atoms with Gasteiger partial charge in [-0.2, -0.15) is 0 Å². The van der Waals surface area contributed by atoms with Crippen molar-refractivity contribution in [1.29, 1.82) is 0 Å². The zero-order chi connectivity index (χ0) is 17.1. The third-order valence-electron chi connectivity index (χ3n) is 3.84. The van der Waals surface area contributed by atoms with Crippen LogP contribution in [0.4, 0.5) is 0 Å². The van der Waals surface area contributed by atoms with E-state index in [-0.39, 0.29) is 5.91 Å². The lowest BCUT2D eigenvalue weighted by molar-refractivity contribution is -0.121. The summed E-state index contributed by atoms with van der Waals surface area (Å²) in [4.78, 5) is 14.3. The van der Waals surface area contributed by atoms with Gasteiger partial charge in [-0.3, -0.25) is 9.69 Å². The van der Waals surface area contributed by atoms with E-state index in [0.717, 1.165) is 16.9 Å². The predicted molar refractivity (Wildman–Crippen MR) is 103 cm³/mol. The smallest absolute Gasteiger partial charge is 0.265 e. The molecule has 1 heterocycles. The second-order valence-corrected chi connectivity index (χ2v) is 7.17. The molecule has 0 radical (unpaired) electrons. The van der Waals surface area contributed by atoms with Crippen molar-refractivity contribution in [2.24, 2.45) is 0 Å². The molecule has 2 aromatic carbocycles. The molecular formula is C19H17NO2S2. The highest BCUT2D eigenvalue weighted by Gasteiger charge is 2.28. The summed E-state index contributed by atoms with van der Waals surface area (Å²) in [5.74, 6) is 0.681. The van der Waals surface area contributed by atoms with Crippen molar-refractivity contribution in [3.05, 3.63) is 70.1 Å². The van der Waals surface area contributed by atoms with Gasteiger partial charge in [-0.1, -0.05) is 66.4 Å². The van der Waals surface area contributed by atoms with Gasteiger partial charge >= 0.3 is 0 Å². The van der Waals surface area contributed by atoms with Crippen molar-refractivity contribution in [1.82, 2.24) is 4.90 Å². The Balaban J connectivity index is 1.83. The van der Waals surface area contributed by atoms with Crippen molar-refractivity contribution >= 4 is 40.3 Å². The monoisotopic (exact) mass is 355 g/mol. The zero-order valence-corrected chi connectivity index (χ0v) is 15.1. The second kappa shape index (κ2) is 7.20. The van der Waals surface area contributed by atoms with Crippen LogP contribution in [0.1, 0.15) is 16.7 Å². The Kier molecular flexibility index (Phi) is 5.02.